The van der Waals surface area contributed by atoms with E-state index in [1.165, 1.54) is 0 Å². The molecular formula is C26H30N6O2. The van der Waals surface area contributed by atoms with E-state index in [2.05, 4.69) is 11.0 Å². The molecule has 2 N–H and O–H groups in total. The molecule has 5 rings (SSSR count). The first-order valence-electron chi connectivity index (χ1n) is 12.0. The predicted octanol–water partition coefficient (Wildman–Crippen LogP) is 2.42. The third kappa shape index (κ3) is 3.86. The smallest absolute Gasteiger partial charge is 0.329 e. The molecule has 1 atom stereocenters. The van der Waals surface area contributed by atoms with Gasteiger partial charge in [-0.3, -0.25) is 13.9 Å². The average molecular weight is 459 g/mol. The number of carbonyl (C=O) groups is 1. The van der Waals surface area contributed by atoms with Crippen molar-refractivity contribution < 1.29 is 4.79 Å². The van der Waals surface area contributed by atoms with Gasteiger partial charge in [-0.2, -0.15) is 5.26 Å². The number of nitrogens with two attached hydrogens (primary N) is 1. The Labute approximate surface area is 198 Å². The van der Waals surface area contributed by atoms with Gasteiger partial charge in [-0.1, -0.05) is 18.2 Å². The fourth-order valence-electron chi connectivity index (χ4n) is 5.30. The third-order valence-electron chi connectivity index (χ3n) is 7.12. The van der Waals surface area contributed by atoms with E-state index in [1.54, 1.807) is 22.2 Å². The molecule has 1 aromatic heterocycles. The summed E-state index contributed by atoms with van der Waals surface area (Å²) in [5.74, 6) is 0.0111. The number of benzene rings is 2. The van der Waals surface area contributed by atoms with Gasteiger partial charge in [0.1, 0.15) is 0 Å². The van der Waals surface area contributed by atoms with E-state index in [9.17, 15) is 14.9 Å². The van der Waals surface area contributed by atoms with Crippen LogP contribution in [0.25, 0.3) is 11.0 Å². The summed E-state index contributed by atoms with van der Waals surface area (Å²) in [6, 6.07) is 13.4. The van der Waals surface area contributed by atoms with Gasteiger partial charge in [-0.05, 0) is 49.4 Å². The SMILES string of the molecule is Cn1c(=O)n(Cc2ccccc2C#N)c2c(N3CCC[C@@H](N)C3)cc(C(=O)N3CCCC3)cc21. The number of aromatic nitrogens is 2. The first-order chi connectivity index (χ1) is 16.5. The van der Waals surface area contributed by atoms with E-state index in [4.69, 9.17) is 5.73 Å². The number of imidazole rings is 1. The van der Waals surface area contributed by atoms with Crippen LogP contribution in [0.1, 0.15) is 47.2 Å². The zero-order chi connectivity index (χ0) is 23.8. The van der Waals surface area contributed by atoms with Crippen LogP contribution in [0, 0.1) is 11.3 Å². The van der Waals surface area contributed by atoms with Gasteiger partial charge >= 0.3 is 5.69 Å². The van der Waals surface area contributed by atoms with E-state index in [1.807, 2.05) is 35.2 Å². The van der Waals surface area contributed by atoms with Gasteiger partial charge in [0, 0.05) is 44.8 Å². The van der Waals surface area contributed by atoms with E-state index >= 15 is 0 Å². The molecule has 176 valence electrons. The summed E-state index contributed by atoms with van der Waals surface area (Å²) in [6.45, 7) is 3.32. The van der Waals surface area contributed by atoms with Crippen molar-refractivity contribution in [1.82, 2.24) is 14.0 Å². The van der Waals surface area contributed by atoms with Gasteiger partial charge in [-0.15, -0.1) is 0 Å². The molecule has 2 aliphatic rings. The van der Waals surface area contributed by atoms with Gasteiger partial charge < -0.3 is 15.5 Å². The van der Waals surface area contributed by atoms with Crippen molar-refractivity contribution in [2.24, 2.45) is 12.8 Å². The third-order valence-corrected chi connectivity index (χ3v) is 7.12. The first-order valence-corrected chi connectivity index (χ1v) is 12.0. The Balaban J connectivity index is 1.70. The number of rotatable bonds is 4. The highest BCUT2D eigenvalue weighted by Crippen LogP contribution is 2.32. The van der Waals surface area contributed by atoms with Crippen LogP contribution >= 0.6 is 0 Å². The number of nitriles is 1. The molecule has 2 fully saturated rings. The molecule has 0 unspecified atom stereocenters. The number of carbonyl (C=O) groups excluding carboxylic acids is 1. The summed E-state index contributed by atoms with van der Waals surface area (Å²) < 4.78 is 3.34. The maximum Gasteiger partial charge on any atom is 0.329 e. The lowest BCUT2D eigenvalue weighted by molar-refractivity contribution is 0.0793. The number of likely N-dealkylation sites (tertiary alicyclic amines) is 1. The van der Waals surface area contributed by atoms with Gasteiger partial charge in [0.15, 0.2) is 0 Å². The maximum atomic E-state index is 13.4. The summed E-state index contributed by atoms with van der Waals surface area (Å²) in [5.41, 5.74) is 10.5. The summed E-state index contributed by atoms with van der Waals surface area (Å²) in [7, 11) is 1.74. The Kier molecular flexibility index (Phi) is 5.88. The molecule has 3 aromatic rings. The first kappa shape index (κ1) is 22.2. The summed E-state index contributed by atoms with van der Waals surface area (Å²) in [6.07, 6.45) is 3.97. The molecule has 34 heavy (non-hydrogen) atoms. The number of aryl methyl sites for hydroxylation is 1. The van der Waals surface area contributed by atoms with Gasteiger partial charge in [-0.25, -0.2) is 4.79 Å². The number of piperidine rings is 1. The van der Waals surface area contributed by atoms with Crippen LogP contribution in [0.5, 0.6) is 0 Å². The average Bonchev–Trinajstić information content (AvgIpc) is 3.47. The molecule has 3 heterocycles. The highest BCUT2D eigenvalue weighted by molar-refractivity contribution is 6.02. The van der Waals surface area contributed by atoms with Crippen molar-refractivity contribution in [2.45, 2.75) is 38.3 Å². The largest absolute Gasteiger partial charge is 0.368 e. The Morgan fingerprint density at radius 2 is 1.91 bits per heavy atom. The molecule has 0 radical (unpaired) electrons. The van der Waals surface area contributed by atoms with E-state index in [0.29, 0.717) is 17.7 Å². The molecule has 0 bridgehead atoms. The highest BCUT2D eigenvalue weighted by atomic mass is 16.2. The molecule has 8 nitrogen and oxygen atoms in total. The van der Waals surface area contributed by atoms with E-state index in [0.717, 1.165) is 67.6 Å². The number of nitrogens with zero attached hydrogens (tertiary/aromatic N) is 5. The summed E-state index contributed by atoms with van der Waals surface area (Å²) in [5, 5.41) is 9.57. The molecule has 0 saturated carbocycles. The molecule has 2 saturated heterocycles. The summed E-state index contributed by atoms with van der Waals surface area (Å²) >= 11 is 0. The van der Waals surface area contributed by atoms with Crippen LogP contribution in [0.2, 0.25) is 0 Å². The fraction of sp³-hybridized carbons (Fsp3) is 0.423. The van der Waals surface area contributed by atoms with Crippen LogP contribution in [-0.2, 0) is 13.6 Å². The molecule has 8 heteroatoms. The fourth-order valence-corrected chi connectivity index (χ4v) is 5.30. The lowest BCUT2D eigenvalue weighted by atomic mass is 10.0. The van der Waals surface area contributed by atoms with Crippen molar-refractivity contribution in [3.63, 3.8) is 0 Å². The number of hydrogen-bond donors (Lipinski definition) is 1. The Bertz CT molecular complexity index is 1340. The van der Waals surface area contributed by atoms with Crippen LogP contribution in [-0.4, -0.2) is 52.2 Å². The number of amides is 1. The maximum absolute atomic E-state index is 13.4. The second kappa shape index (κ2) is 8.99. The topological polar surface area (TPSA) is 100 Å². The van der Waals surface area contributed by atoms with Crippen molar-refractivity contribution in [1.29, 1.82) is 5.26 Å². The molecule has 2 aromatic carbocycles. The highest BCUT2D eigenvalue weighted by Gasteiger charge is 2.27. The number of hydrogen-bond acceptors (Lipinski definition) is 5. The van der Waals surface area contributed by atoms with E-state index in [-0.39, 0.29) is 24.2 Å². The molecule has 1 amide bonds. The normalized spacial score (nSPS) is 18.4. The zero-order valence-corrected chi connectivity index (χ0v) is 19.5. The predicted molar refractivity (Wildman–Crippen MR) is 132 cm³/mol. The van der Waals surface area contributed by atoms with Gasteiger partial charge in [0.05, 0.1) is 34.9 Å². The zero-order valence-electron chi connectivity index (χ0n) is 19.5. The lowest BCUT2D eigenvalue weighted by Crippen LogP contribution is -2.43. The van der Waals surface area contributed by atoms with Crippen LogP contribution in [0.4, 0.5) is 5.69 Å². The molecular weight excluding hydrogens is 428 g/mol. The Morgan fingerprint density at radius 1 is 1.15 bits per heavy atom. The van der Waals surface area contributed by atoms with Crippen LogP contribution in [0.15, 0.2) is 41.2 Å². The molecule has 0 spiro atoms. The standard InChI is InChI=1S/C26H30N6O2/c1-29-22-13-20(25(33)30-10-4-5-11-30)14-23(31-12-6-9-21(28)17-31)24(22)32(26(29)34)16-19-8-3-2-7-18(19)15-27/h2-3,7-8,13-14,21H,4-6,9-12,16-17,28H2,1H3/t21-/m1/s1. The van der Waals surface area contributed by atoms with Crippen molar-refractivity contribution in [2.75, 3.05) is 31.1 Å². The number of fused-ring (bicyclic) bond motifs is 1. The minimum atomic E-state index is -0.170. The van der Waals surface area contributed by atoms with Crippen molar-refractivity contribution in [3.05, 3.63) is 63.6 Å². The quantitative estimate of drug-likeness (QED) is 0.647. The second-order valence-electron chi connectivity index (χ2n) is 9.41. The lowest BCUT2D eigenvalue weighted by Gasteiger charge is -2.33. The second-order valence-corrected chi connectivity index (χ2v) is 9.41. The minimum absolute atomic E-state index is 0.0111. The monoisotopic (exact) mass is 458 g/mol. The van der Waals surface area contributed by atoms with Crippen LogP contribution in [0.3, 0.4) is 0 Å². The minimum Gasteiger partial charge on any atom is -0.368 e. The van der Waals surface area contributed by atoms with Crippen molar-refractivity contribution >= 4 is 22.6 Å². The van der Waals surface area contributed by atoms with E-state index < -0.39 is 0 Å². The van der Waals surface area contributed by atoms with Crippen molar-refractivity contribution in [3.8, 4) is 6.07 Å². The Morgan fingerprint density at radius 3 is 2.65 bits per heavy atom. The molecule has 0 aliphatic carbocycles. The molecule has 2 aliphatic heterocycles. The van der Waals surface area contributed by atoms with Crippen LogP contribution < -0.4 is 16.3 Å². The van der Waals surface area contributed by atoms with Gasteiger partial charge in [0.2, 0.25) is 0 Å². The summed E-state index contributed by atoms with van der Waals surface area (Å²) in [4.78, 5) is 30.9. The number of anilines is 1. The Hall–Kier alpha value is -3.57. The van der Waals surface area contributed by atoms with Gasteiger partial charge in [0.25, 0.3) is 5.91 Å².